The molecule has 10 nitrogen and oxygen atoms in total. The number of ether oxygens (including phenoxy) is 4. The summed E-state index contributed by atoms with van der Waals surface area (Å²) >= 11 is -0.483. The Balaban J connectivity index is 1.37. The van der Waals surface area contributed by atoms with E-state index in [0.717, 1.165) is 45.0 Å². The molecule has 0 aliphatic heterocycles. The molecule has 0 saturated heterocycles. The number of ketones is 2. The van der Waals surface area contributed by atoms with Crippen molar-refractivity contribution < 1.29 is 48.3 Å². The van der Waals surface area contributed by atoms with Gasteiger partial charge in [-0.3, -0.25) is 0 Å². The van der Waals surface area contributed by atoms with Gasteiger partial charge in [-0.2, -0.15) is 0 Å². The van der Waals surface area contributed by atoms with E-state index in [0.29, 0.717) is 64.3 Å². The first-order valence-corrected chi connectivity index (χ1v) is 20.0. The quantitative estimate of drug-likeness (QED) is 0.0489. The molecule has 0 radical (unpaired) electrons. The first kappa shape index (κ1) is 38.2. The fourth-order valence-corrected chi connectivity index (χ4v) is 9.80. The Labute approximate surface area is 298 Å². The van der Waals surface area contributed by atoms with Gasteiger partial charge in [-0.1, -0.05) is 0 Å². The molecule has 4 rings (SSSR count). The molecule has 2 atom stereocenters. The zero-order valence-electron chi connectivity index (χ0n) is 28.4. The van der Waals surface area contributed by atoms with E-state index in [-0.39, 0.29) is 53.4 Å². The fourth-order valence-electron chi connectivity index (χ4n) is 5.51. The number of carbonyl (C=O) groups is 4. The summed E-state index contributed by atoms with van der Waals surface area (Å²) in [5.74, 6) is -1.20. The Bertz CT molecular complexity index is 1640. The standard InChI is InChI=1S/C37H44O10Se2/c1-5-7-10-22(36(40)41)14-26(38)34-18-24-16-30(28(44-3)20-32(24)48-34)46-12-9-13-47-31-17-25-19-35(49-33(25)21-29(31)45-4)27(39)15-23(37(42)43)11-8-6-2/h16-23H,5-15H2,1-4H3,(H,40,41)(H,42,43). The van der Waals surface area contributed by atoms with Crippen molar-refractivity contribution in [1.29, 1.82) is 0 Å². The van der Waals surface area contributed by atoms with Crippen LogP contribution < -0.4 is 18.9 Å². The van der Waals surface area contributed by atoms with Gasteiger partial charge in [-0.05, 0) is 0 Å². The summed E-state index contributed by atoms with van der Waals surface area (Å²) in [5.41, 5.74) is 0. The molecule has 0 spiro atoms. The molecule has 0 aliphatic rings. The number of benzene rings is 2. The van der Waals surface area contributed by atoms with E-state index in [9.17, 15) is 29.4 Å². The second-order valence-electron chi connectivity index (χ2n) is 12.0. The molecule has 2 aromatic carbocycles. The summed E-state index contributed by atoms with van der Waals surface area (Å²) in [6, 6.07) is 11.2. The van der Waals surface area contributed by atoms with Crippen molar-refractivity contribution in [3.05, 3.63) is 45.3 Å². The van der Waals surface area contributed by atoms with E-state index in [1.165, 1.54) is 0 Å². The molecule has 0 saturated carbocycles. The molecule has 0 amide bonds. The molecular weight excluding hydrogens is 762 g/mol. The topological polar surface area (TPSA) is 146 Å². The van der Waals surface area contributed by atoms with E-state index < -0.39 is 23.8 Å². The van der Waals surface area contributed by atoms with Crippen LogP contribution in [0.25, 0.3) is 19.3 Å². The summed E-state index contributed by atoms with van der Waals surface area (Å²) in [6.07, 6.45) is 4.87. The van der Waals surface area contributed by atoms with Crippen LogP contribution in [-0.4, -0.2) is 90.2 Å². The Morgan fingerprint density at radius 2 is 1.02 bits per heavy atom. The molecule has 2 N–H and O–H groups in total. The minimum absolute atomic E-state index is 0.00911. The monoisotopic (exact) mass is 808 g/mol. The van der Waals surface area contributed by atoms with Crippen LogP contribution in [0.5, 0.6) is 23.0 Å². The van der Waals surface area contributed by atoms with Crippen LogP contribution in [0.15, 0.2) is 36.4 Å². The minimum atomic E-state index is -0.926. The molecule has 264 valence electrons. The number of methoxy groups -OCH3 is 2. The van der Waals surface area contributed by atoms with Crippen molar-refractivity contribution in [2.75, 3.05) is 27.4 Å². The molecule has 2 heterocycles. The maximum absolute atomic E-state index is 13.0. The number of fused-ring (bicyclic) bond motifs is 2. The Morgan fingerprint density at radius 3 is 1.37 bits per heavy atom. The van der Waals surface area contributed by atoms with E-state index in [1.54, 1.807) is 14.2 Å². The molecule has 0 aliphatic carbocycles. The third kappa shape index (κ3) is 10.2. The van der Waals surface area contributed by atoms with Crippen LogP contribution in [-0.2, 0) is 9.59 Å². The number of carboxylic acids is 2. The number of rotatable bonds is 22. The number of unbranched alkanes of at least 4 members (excludes halogenated alkanes) is 2. The molecule has 4 aromatic rings. The molecule has 0 fully saturated rings. The third-order valence-electron chi connectivity index (χ3n) is 8.33. The SMILES string of the molecule is CCCCC(CC(=O)c1cc2cc(OCCCOc3cc4cc(C(=O)CC(CCCC)C(=O)O)[se]c4cc3OC)c(OC)cc2[se]1)C(=O)O. The van der Waals surface area contributed by atoms with Gasteiger partial charge in [-0.25, -0.2) is 0 Å². The van der Waals surface area contributed by atoms with Gasteiger partial charge in [0.25, 0.3) is 0 Å². The number of carbonyl (C=O) groups excluding carboxylic acids is 2. The van der Waals surface area contributed by atoms with Gasteiger partial charge in [0, 0.05) is 0 Å². The number of aliphatic carboxylic acids is 2. The first-order chi connectivity index (χ1) is 23.6. The van der Waals surface area contributed by atoms with Gasteiger partial charge in [0.15, 0.2) is 0 Å². The fraction of sp³-hybridized carbons (Fsp3) is 0.459. The second-order valence-corrected chi connectivity index (χ2v) is 16.5. The summed E-state index contributed by atoms with van der Waals surface area (Å²) in [7, 11) is 3.13. The van der Waals surface area contributed by atoms with Crippen molar-refractivity contribution in [2.24, 2.45) is 11.8 Å². The Morgan fingerprint density at radius 1 is 0.612 bits per heavy atom. The van der Waals surface area contributed by atoms with Crippen molar-refractivity contribution in [3.8, 4) is 23.0 Å². The van der Waals surface area contributed by atoms with Gasteiger partial charge in [-0.15, -0.1) is 0 Å². The summed E-state index contributed by atoms with van der Waals surface area (Å²) in [4.78, 5) is 49.3. The van der Waals surface area contributed by atoms with Crippen molar-refractivity contribution in [2.45, 2.75) is 71.6 Å². The van der Waals surface area contributed by atoms with Crippen LogP contribution in [0.3, 0.4) is 0 Å². The zero-order chi connectivity index (χ0) is 35.5. The molecule has 2 aromatic heterocycles. The normalized spacial score (nSPS) is 12.5. The van der Waals surface area contributed by atoms with Gasteiger partial charge >= 0.3 is 299 Å². The summed E-state index contributed by atoms with van der Waals surface area (Å²) in [5, 5.41) is 20.9. The maximum atomic E-state index is 13.0. The number of carboxylic acid groups (broad SMARTS) is 2. The van der Waals surface area contributed by atoms with E-state index in [4.69, 9.17) is 18.9 Å². The van der Waals surface area contributed by atoms with Crippen LogP contribution in [0, 0.1) is 11.8 Å². The predicted molar refractivity (Wildman–Crippen MR) is 190 cm³/mol. The van der Waals surface area contributed by atoms with Crippen molar-refractivity contribution >= 4 is 71.8 Å². The Kier molecular flexibility index (Phi) is 14.4. The van der Waals surface area contributed by atoms with Crippen LogP contribution in [0.4, 0.5) is 0 Å². The molecular formula is C37H44O10Se2. The predicted octanol–water partition coefficient (Wildman–Crippen LogP) is 6.90. The zero-order valence-corrected chi connectivity index (χ0v) is 31.8. The van der Waals surface area contributed by atoms with Gasteiger partial charge < -0.3 is 0 Å². The van der Waals surface area contributed by atoms with Crippen LogP contribution in [0.2, 0.25) is 0 Å². The van der Waals surface area contributed by atoms with Crippen molar-refractivity contribution in [3.63, 3.8) is 0 Å². The molecule has 0 bridgehead atoms. The molecule has 2 unspecified atom stereocenters. The van der Waals surface area contributed by atoms with E-state index in [1.807, 2.05) is 50.2 Å². The van der Waals surface area contributed by atoms with Crippen LogP contribution >= 0.6 is 0 Å². The molecule has 12 heteroatoms. The summed E-state index contributed by atoms with van der Waals surface area (Å²) < 4.78 is 26.6. The van der Waals surface area contributed by atoms with Crippen LogP contribution in [0.1, 0.15) is 90.1 Å². The number of hydrogen-bond acceptors (Lipinski definition) is 8. The first-order valence-electron chi connectivity index (χ1n) is 16.6. The average Bonchev–Trinajstić information content (AvgIpc) is 3.70. The summed E-state index contributed by atoms with van der Waals surface area (Å²) in [6.45, 7) is 4.68. The van der Waals surface area contributed by atoms with E-state index in [2.05, 4.69) is 0 Å². The van der Waals surface area contributed by atoms with Gasteiger partial charge in [0.1, 0.15) is 0 Å². The number of Topliss-reactive ketones (excluding diaryl/α,β-unsaturated/α-hetero) is 2. The average molecular weight is 807 g/mol. The second kappa shape index (κ2) is 18.4. The van der Waals surface area contributed by atoms with E-state index >= 15 is 0 Å². The van der Waals surface area contributed by atoms with Gasteiger partial charge in [0.2, 0.25) is 0 Å². The molecule has 49 heavy (non-hydrogen) atoms. The third-order valence-corrected chi connectivity index (χ3v) is 13.1. The number of hydrogen-bond donors (Lipinski definition) is 2. The van der Waals surface area contributed by atoms with Crippen molar-refractivity contribution in [1.82, 2.24) is 0 Å². The Hall–Kier alpha value is -3.56. The van der Waals surface area contributed by atoms with Gasteiger partial charge in [0.05, 0.1) is 0 Å².